The van der Waals surface area contributed by atoms with Gasteiger partial charge in [0.1, 0.15) is 0 Å². The molecule has 0 unspecified atom stereocenters. The predicted molar refractivity (Wildman–Crippen MR) is 103 cm³/mol. The maximum absolute atomic E-state index is 12.0. The molecule has 6 heteroatoms. The van der Waals surface area contributed by atoms with Crippen LogP contribution in [0.2, 0.25) is 0 Å². The molecule has 0 spiro atoms. The van der Waals surface area contributed by atoms with Crippen LogP contribution in [0.5, 0.6) is 0 Å². The number of rotatable bonds is 5. The Morgan fingerprint density at radius 1 is 1.19 bits per heavy atom. The third-order valence-corrected chi connectivity index (χ3v) is 6.17. The molecule has 0 bridgehead atoms. The number of carbonyl (C=O) groups excluding carboxylic acids is 1. The van der Waals surface area contributed by atoms with Gasteiger partial charge in [0.25, 0.3) is 0 Å². The molecule has 1 aliphatic carbocycles. The highest BCUT2D eigenvalue weighted by atomic mass is 16.5. The van der Waals surface area contributed by atoms with Crippen molar-refractivity contribution in [3.05, 3.63) is 47.0 Å². The first-order chi connectivity index (χ1) is 13.2. The number of carbonyl (C=O) groups is 1. The normalized spacial score (nSPS) is 19.0. The lowest BCUT2D eigenvalue weighted by atomic mass is 9.89. The Balaban J connectivity index is 1.46. The maximum atomic E-state index is 12.0. The van der Waals surface area contributed by atoms with E-state index in [2.05, 4.69) is 20.8 Å². The van der Waals surface area contributed by atoms with E-state index in [0.717, 1.165) is 35.7 Å². The largest absolute Gasteiger partial charge is 0.465 e. The molecule has 2 aliphatic rings. The Kier molecular flexibility index (Phi) is 5.25. The summed E-state index contributed by atoms with van der Waals surface area (Å²) in [6, 6.07) is 3.03. The van der Waals surface area contributed by atoms with Gasteiger partial charge in [-0.15, -0.1) is 0 Å². The number of piperidine rings is 1. The number of hydrogen-bond donors (Lipinski definition) is 0. The smallest absolute Gasteiger partial charge is 0.338 e. The van der Waals surface area contributed by atoms with Crippen LogP contribution in [0.15, 0.2) is 24.7 Å². The van der Waals surface area contributed by atoms with E-state index < -0.39 is 0 Å². The zero-order chi connectivity index (χ0) is 18.8. The number of nitrogens with zero attached hydrogens (tertiary/aromatic N) is 4. The third kappa shape index (κ3) is 3.76. The summed E-state index contributed by atoms with van der Waals surface area (Å²) in [5.41, 5.74) is 3.63. The minimum Gasteiger partial charge on any atom is -0.465 e. The summed E-state index contributed by atoms with van der Waals surface area (Å²) in [6.45, 7) is 4.40. The van der Waals surface area contributed by atoms with Gasteiger partial charge >= 0.3 is 5.97 Å². The van der Waals surface area contributed by atoms with Crippen LogP contribution < -0.4 is 0 Å². The lowest BCUT2D eigenvalue weighted by molar-refractivity contribution is 0.0599. The van der Waals surface area contributed by atoms with Crippen molar-refractivity contribution in [3.63, 3.8) is 0 Å². The first-order valence-corrected chi connectivity index (χ1v) is 9.95. The fraction of sp³-hybridized carbons (Fsp3) is 0.571. The highest BCUT2D eigenvalue weighted by Gasteiger charge is 2.29. The second-order valence-corrected chi connectivity index (χ2v) is 7.77. The molecule has 0 aromatic carbocycles. The number of likely N-dealkylation sites (tertiary alicyclic amines) is 1. The zero-order valence-corrected chi connectivity index (χ0v) is 16.2. The predicted octanol–water partition coefficient (Wildman–Crippen LogP) is 3.15. The van der Waals surface area contributed by atoms with Gasteiger partial charge in [-0.05, 0) is 49.8 Å². The molecule has 4 rings (SSSR count). The monoisotopic (exact) mass is 368 g/mol. The topological polar surface area (TPSA) is 60.2 Å². The number of methoxy groups -OCH3 is 1. The number of pyridine rings is 1. The van der Waals surface area contributed by atoms with Crippen molar-refractivity contribution >= 4 is 5.97 Å². The summed E-state index contributed by atoms with van der Waals surface area (Å²) in [4.78, 5) is 18.8. The fourth-order valence-corrected chi connectivity index (χ4v) is 4.23. The summed E-state index contributed by atoms with van der Waals surface area (Å²) >= 11 is 0. The second-order valence-electron chi connectivity index (χ2n) is 7.77. The minimum absolute atomic E-state index is 0.319. The Morgan fingerprint density at radius 3 is 2.63 bits per heavy atom. The molecule has 1 saturated carbocycles. The van der Waals surface area contributed by atoms with Gasteiger partial charge in [0.05, 0.1) is 24.4 Å². The molecule has 1 aliphatic heterocycles. The average Bonchev–Trinajstić information content (AvgIpc) is 3.01. The lowest BCUT2D eigenvalue weighted by Gasteiger charge is -2.41. The number of aromatic nitrogens is 3. The van der Waals surface area contributed by atoms with Crippen molar-refractivity contribution in [2.45, 2.75) is 57.5 Å². The Labute approximate surface area is 160 Å². The molecule has 1 saturated heterocycles. The van der Waals surface area contributed by atoms with E-state index in [4.69, 9.17) is 9.84 Å². The fourth-order valence-electron chi connectivity index (χ4n) is 4.23. The lowest BCUT2D eigenvalue weighted by Crippen LogP contribution is -2.45. The van der Waals surface area contributed by atoms with Crippen LogP contribution >= 0.6 is 0 Å². The van der Waals surface area contributed by atoms with Gasteiger partial charge in [-0.1, -0.05) is 6.42 Å². The third-order valence-electron chi connectivity index (χ3n) is 6.17. The maximum Gasteiger partial charge on any atom is 0.338 e. The van der Waals surface area contributed by atoms with E-state index in [1.54, 1.807) is 18.5 Å². The molecule has 0 N–H and O–H groups in total. The van der Waals surface area contributed by atoms with Crippen LogP contribution in [-0.4, -0.2) is 51.9 Å². The summed E-state index contributed by atoms with van der Waals surface area (Å²) in [6.07, 6.45) is 12.7. The van der Waals surface area contributed by atoms with Crippen LogP contribution in [0.1, 0.15) is 65.3 Å². The minimum atomic E-state index is -0.319. The molecule has 2 fully saturated rings. The van der Waals surface area contributed by atoms with E-state index in [9.17, 15) is 4.79 Å². The zero-order valence-electron chi connectivity index (χ0n) is 16.2. The quantitative estimate of drug-likeness (QED) is 0.759. The first kappa shape index (κ1) is 18.2. The van der Waals surface area contributed by atoms with Gasteiger partial charge in [-0.2, -0.15) is 5.10 Å². The molecule has 2 aromatic rings. The van der Waals surface area contributed by atoms with Gasteiger partial charge < -0.3 is 9.64 Å². The van der Waals surface area contributed by atoms with Gasteiger partial charge in [0.2, 0.25) is 0 Å². The summed E-state index contributed by atoms with van der Waals surface area (Å²) in [5.74, 6) is -0.319. The van der Waals surface area contributed by atoms with E-state index in [1.807, 2.05) is 6.92 Å². The van der Waals surface area contributed by atoms with Crippen molar-refractivity contribution in [1.82, 2.24) is 19.7 Å². The molecule has 0 radical (unpaired) electrons. The van der Waals surface area contributed by atoms with Gasteiger partial charge in [-0.25, -0.2) is 4.79 Å². The molecule has 27 heavy (non-hydrogen) atoms. The van der Waals surface area contributed by atoms with E-state index in [0.29, 0.717) is 18.0 Å². The molecular formula is C21H28N4O2. The molecule has 144 valence electrons. The Morgan fingerprint density at radius 2 is 1.96 bits per heavy atom. The van der Waals surface area contributed by atoms with Gasteiger partial charge in [0, 0.05) is 44.1 Å². The summed E-state index contributed by atoms with van der Waals surface area (Å²) in [7, 11) is 1.41. The van der Waals surface area contributed by atoms with E-state index in [-0.39, 0.29) is 5.97 Å². The van der Waals surface area contributed by atoms with Gasteiger partial charge in [-0.3, -0.25) is 9.67 Å². The molecule has 2 aromatic heterocycles. The summed E-state index contributed by atoms with van der Waals surface area (Å²) in [5, 5.41) is 4.79. The van der Waals surface area contributed by atoms with E-state index in [1.165, 1.54) is 39.5 Å². The number of hydrogen-bond acceptors (Lipinski definition) is 5. The molecule has 0 atom stereocenters. The van der Waals surface area contributed by atoms with Crippen molar-refractivity contribution in [3.8, 4) is 0 Å². The van der Waals surface area contributed by atoms with Crippen molar-refractivity contribution in [2.24, 2.45) is 0 Å². The molecule has 0 amide bonds. The Bertz CT molecular complexity index is 804. The van der Waals surface area contributed by atoms with Crippen molar-refractivity contribution in [2.75, 3.05) is 20.2 Å². The van der Waals surface area contributed by atoms with Crippen LogP contribution in [0.25, 0.3) is 0 Å². The van der Waals surface area contributed by atoms with Crippen LogP contribution in [-0.2, 0) is 11.2 Å². The highest BCUT2D eigenvalue weighted by Crippen LogP contribution is 2.31. The molecular weight excluding hydrogens is 340 g/mol. The van der Waals surface area contributed by atoms with Gasteiger partial charge in [0.15, 0.2) is 0 Å². The molecule has 6 nitrogen and oxygen atoms in total. The van der Waals surface area contributed by atoms with Crippen LogP contribution in [0, 0.1) is 6.92 Å². The standard InChI is InChI=1S/C21H28N4O2/c1-15-17(12-16-13-22-9-6-20(16)21(26)27-2)14-25(23-15)19-7-10-24(11-8-19)18-4-3-5-18/h6,9,13-14,18-19H,3-5,7-8,10-12H2,1-2H3. The van der Waals surface area contributed by atoms with Crippen molar-refractivity contribution in [1.29, 1.82) is 0 Å². The van der Waals surface area contributed by atoms with Crippen LogP contribution in [0.3, 0.4) is 0 Å². The second kappa shape index (κ2) is 7.80. The summed E-state index contributed by atoms with van der Waals surface area (Å²) < 4.78 is 7.05. The number of esters is 1. The Hall–Kier alpha value is -2.21. The number of ether oxygens (including phenoxy) is 1. The average molecular weight is 368 g/mol. The highest BCUT2D eigenvalue weighted by molar-refractivity contribution is 5.90. The van der Waals surface area contributed by atoms with Crippen LogP contribution in [0.4, 0.5) is 0 Å². The van der Waals surface area contributed by atoms with Crippen molar-refractivity contribution < 1.29 is 9.53 Å². The first-order valence-electron chi connectivity index (χ1n) is 9.95. The SMILES string of the molecule is COC(=O)c1ccncc1Cc1cn(C2CCN(C3CCC3)CC2)nc1C. The molecule has 3 heterocycles. The number of aryl methyl sites for hydroxylation is 1. The van der Waals surface area contributed by atoms with E-state index >= 15 is 0 Å².